The van der Waals surface area contributed by atoms with E-state index in [9.17, 15) is 0 Å². The molecule has 5 rings (SSSR count). The number of hydrogen-bond donors (Lipinski definition) is 1. The Morgan fingerprint density at radius 2 is 1.75 bits per heavy atom. The second-order valence-corrected chi connectivity index (χ2v) is 9.98. The molecule has 6 nitrogen and oxygen atoms in total. The van der Waals surface area contributed by atoms with E-state index in [1.165, 1.54) is 0 Å². The van der Waals surface area contributed by atoms with Crippen molar-refractivity contribution in [2.45, 2.75) is 25.9 Å². The number of nitrogens with zero attached hydrogens (tertiary/aromatic N) is 3. The molecule has 3 heterocycles. The second-order valence-electron chi connectivity index (χ2n) is 8.67. The van der Waals surface area contributed by atoms with Crippen molar-refractivity contribution in [3.63, 3.8) is 0 Å². The third-order valence-corrected chi connectivity index (χ3v) is 7.46. The number of nitrogens with one attached hydrogen (secondary N) is 1. The number of aromatic nitrogens is 2. The van der Waals surface area contributed by atoms with E-state index in [1.54, 1.807) is 14.2 Å². The lowest BCUT2D eigenvalue weighted by Crippen LogP contribution is -2.30. The van der Waals surface area contributed by atoms with Gasteiger partial charge in [-0.2, -0.15) is 0 Å². The average Bonchev–Trinajstić information content (AvgIpc) is 3.39. The molecule has 2 aromatic carbocycles. The van der Waals surface area contributed by atoms with Crippen molar-refractivity contribution in [3.05, 3.63) is 100 Å². The first kappa shape index (κ1) is 24.3. The zero-order chi connectivity index (χ0) is 25.4. The molecule has 1 saturated heterocycles. The van der Waals surface area contributed by atoms with Crippen LogP contribution in [0.3, 0.4) is 0 Å². The minimum absolute atomic E-state index is 0.148. The highest BCUT2D eigenvalue weighted by Gasteiger charge is 2.43. The number of rotatable bonds is 6. The number of anilines is 1. The maximum atomic E-state index is 5.92. The van der Waals surface area contributed by atoms with Crippen LogP contribution in [0.25, 0.3) is 5.69 Å². The lowest BCUT2D eigenvalue weighted by molar-refractivity contribution is 0.394. The molecule has 2 unspecified atom stereocenters. The smallest absolute Gasteiger partial charge is 0.174 e. The van der Waals surface area contributed by atoms with Gasteiger partial charge in [-0.1, -0.05) is 22.0 Å². The number of pyridine rings is 1. The SMILES string of the molecule is COc1ccc(N2C(=S)NC(c3ccccn3)C2c2cc(C)n(-c3ccc(Br)cc3)c2C)c(OC)c1. The first-order valence-electron chi connectivity index (χ1n) is 11.6. The van der Waals surface area contributed by atoms with E-state index in [0.29, 0.717) is 10.9 Å². The molecule has 0 saturated carbocycles. The van der Waals surface area contributed by atoms with Gasteiger partial charge in [0.15, 0.2) is 5.11 Å². The van der Waals surface area contributed by atoms with Crippen molar-refractivity contribution in [1.29, 1.82) is 0 Å². The number of benzene rings is 2. The Kier molecular flexibility index (Phi) is 6.73. The van der Waals surface area contributed by atoms with E-state index in [1.807, 2.05) is 42.6 Å². The zero-order valence-corrected chi connectivity index (χ0v) is 22.9. The molecule has 0 bridgehead atoms. The molecule has 8 heteroatoms. The molecule has 0 amide bonds. The largest absolute Gasteiger partial charge is 0.497 e. The fraction of sp³-hybridized carbons (Fsp3) is 0.214. The van der Waals surface area contributed by atoms with Gasteiger partial charge in [-0.25, -0.2) is 0 Å². The average molecular weight is 564 g/mol. The molecule has 1 aliphatic heterocycles. The summed E-state index contributed by atoms with van der Waals surface area (Å²) in [6.07, 6.45) is 1.82. The third-order valence-electron chi connectivity index (χ3n) is 6.62. The Morgan fingerprint density at radius 1 is 0.972 bits per heavy atom. The zero-order valence-electron chi connectivity index (χ0n) is 20.5. The first-order valence-corrected chi connectivity index (χ1v) is 12.8. The molecule has 1 aliphatic rings. The summed E-state index contributed by atoms with van der Waals surface area (Å²) in [6, 6.07) is 22.1. The van der Waals surface area contributed by atoms with Gasteiger partial charge in [0.05, 0.1) is 37.7 Å². The van der Waals surface area contributed by atoms with Crippen LogP contribution in [0.1, 0.15) is 34.7 Å². The predicted octanol–water partition coefficient (Wildman–Crippen LogP) is 6.45. The molecule has 4 aromatic rings. The molecule has 0 radical (unpaired) electrons. The number of aryl methyl sites for hydroxylation is 1. The van der Waals surface area contributed by atoms with Crippen LogP contribution in [0, 0.1) is 13.8 Å². The van der Waals surface area contributed by atoms with Crippen molar-refractivity contribution in [1.82, 2.24) is 14.9 Å². The van der Waals surface area contributed by atoms with Crippen LogP contribution in [0.5, 0.6) is 11.5 Å². The highest BCUT2D eigenvalue weighted by molar-refractivity contribution is 9.10. The van der Waals surface area contributed by atoms with Crippen molar-refractivity contribution < 1.29 is 9.47 Å². The summed E-state index contributed by atoms with van der Waals surface area (Å²) in [7, 11) is 3.31. The Balaban J connectivity index is 1.69. The Hall–Kier alpha value is -3.36. The summed E-state index contributed by atoms with van der Waals surface area (Å²) in [4.78, 5) is 6.82. The Bertz CT molecular complexity index is 1410. The number of ether oxygens (including phenoxy) is 2. The van der Waals surface area contributed by atoms with E-state index in [2.05, 4.69) is 79.9 Å². The van der Waals surface area contributed by atoms with E-state index in [-0.39, 0.29) is 12.1 Å². The van der Waals surface area contributed by atoms with Crippen molar-refractivity contribution >= 4 is 38.9 Å². The van der Waals surface area contributed by atoms with Gasteiger partial charge in [-0.15, -0.1) is 0 Å². The molecule has 36 heavy (non-hydrogen) atoms. The van der Waals surface area contributed by atoms with Crippen LogP contribution in [-0.4, -0.2) is 28.9 Å². The van der Waals surface area contributed by atoms with Gasteiger partial charge in [-0.05, 0) is 86.2 Å². The molecule has 1 N–H and O–H groups in total. The minimum Gasteiger partial charge on any atom is -0.497 e. The fourth-order valence-corrected chi connectivity index (χ4v) is 5.59. The molecule has 2 aromatic heterocycles. The van der Waals surface area contributed by atoms with Gasteiger partial charge in [0.25, 0.3) is 0 Å². The number of methoxy groups -OCH3 is 2. The summed E-state index contributed by atoms with van der Waals surface area (Å²) in [5.41, 5.74) is 6.35. The number of halogens is 1. The molecule has 2 atom stereocenters. The lowest BCUT2D eigenvalue weighted by atomic mass is 9.96. The van der Waals surface area contributed by atoms with Gasteiger partial charge in [0.1, 0.15) is 11.5 Å². The normalized spacial score (nSPS) is 17.2. The summed E-state index contributed by atoms with van der Waals surface area (Å²) in [5, 5.41) is 4.16. The van der Waals surface area contributed by atoms with E-state index >= 15 is 0 Å². The quantitative estimate of drug-likeness (QED) is 0.273. The summed E-state index contributed by atoms with van der Waals surface area (Å²) in [5.74, 6) is 1.41. The fourth-order valence-electron chi connectivity index (χ4n) is 4.99. The monoisotopic (exact) mass is 562 g/mol. The third kappa shape index (κ3) is 4.24. The predicted molar refractivity (Wildman–Crippen MR) is 150 cm³/mol. The van der Waals surface area contributed by atoms with Crippen molar-refractivity contribution in [2.75, 3.05) is 19.1 Å². The van der Waals surface area contributed by atoms with Crippen LogP contribution in [0.15, 0.2) is 77.4 Å². The molecule has 0 aliphatic carbocycles. The van der Waals surface area contributed by atoms with Crippen molar-refractivity contribution in [2.24, 2.45) is 0 Å². The molecule has 184 valence electrons. The van der Waals surface area contributed by atoms with Crippen molar-refractivity contribution in [3.8, 4) is 17.2 Å². The highest BCUT2D eigenvalue weighted by atomic mass is 79.9. The van der Waals surface area contributed by atoms with Gasteiger partial charge in [0, 0.05) is 33.8 Å². The molecule has 1 fully saturated rings. The summed E-state index contributed by atoms with van der Waals surface area (Å²) in [6.45, 7) is 4.29. The minimum atomic E-state index is -0.149. The van der Waals surface area contributed by atoms with Crippen LogP contribution in [-0.2, 0) is 0 Å². The Labute approximate surface area is 225 Å². The highest BCUT2D eigenvalue weighted by Crippen LogP contribution is 2.46. The maximum absolute atomic E-state index is 5.92. The Morgan fingerprint density at radius 3 is 2.42 bits per heavy atom. The molecular formula is C28H27BrN4O2S. The van der Waals surface area contributed by atoms with Crippen LogP contribution < -0.4 is 19.7 Å². The number of thiocarbonyl (C=S) groups is 1. The lowest BCUT2D eigenvalue weighted by Gasteiger charge is -2.29. The first-order chi connectivity index (χ1) is 17.4. The molecule has 0 spiro atoms. The van der Waals surface area contributed by atoms with Gasteiger partial charge < -0.3 is 24.3 Å². The van der Waals surface area contributed by atoms with Crippen LogP contribution in [0.4, 0.5) is 5.69 Å². The maximum Gasteiger partial charge on any atom is 0.174 e. The van der Waals surface area contributed by atoms with Gasteiger partial charge in [0.2, 0.25) is 0 Å². The van der Waals surface area contributed by atoms with E-state index in [4.69, 9.17) is 21.7 Å². The van der Waals surface area contributed by atoms with Gasteiger partial charge in [-0.3, -0.25) is 4.98 Å². The van der Waals surface area contributed by atoms with E-state index < -0.39 is 0 Å². The second kappa shape index (κ2) is 9.95. The topological polar surface area (TPSA) is 51.5 Å². The standard InChI is InChI=1S/C28H27BrN4O2S/c1-17-15-22(18(2)32(17)20-10-8-19(29)9-11-20)27-26(23-7-5-6-14-30-23)31-28(36)33(27)24-13-12-21(34-3)16-25(24)35-4/h5-16,26-27H,1-4H3,(H,31,36). The van der Waals surface area contributed by atoms with Crippen LogP contribution in [0.2, 0.25) is 0 Å². The van der Waals surface area contributed by atoms with E-state index in [0.717, 1.165) is 44.2 Å². The van der Waals surface area contributed by atoms with Crippen LogP contribution >= 0.6 is 28.1 Å². The summed E-state index contributed by atoms with van der Waals surface area (Å²) < 4.78 is 14.5. The number of hydrogen-bond acceptors (Lipinski definition) is 4. The van der Waals surface area contributed by atoms with Gasteiger partial charge >= 0.3 is 0 Å². The molecular weight excluding hydrogens is 536 g/mol. The summed E-state index contributed by atoms with van der Waals surface area (Å²) >= 11 is 9.47.